The summed E-state index contributed by atoms with van der Waals surface area (Å²) in [5.41, 5.74) is 1.96. The zero-order valence-corrected chi connectivity index (χ0v) is 11.5. The number of rotatable bonds is 6. The van der Waals surface area contributed by atoms with E-state index >= 15 is 0 Å². The van der Waals surface area contributed by atoms with Crippen LogP contribution in [0.4, 0.5) is 11.6 Å². The second-order valence-corrected chi connectivity index (χ2v) is 4.37. The van der Waals surface area contributed by atoms with Crippen molar-refractivity contribution >= 4 is 11.6 Å². The first-order valence-corrected chi connectivity index (χ1v) is 6.42. The third-order valence-electron chi connectivity index (χ3n) is 2.82. The Morgan fingerprint density at radius 3 is 2.53 bits per heavy atom. The van der Waals surface area contributed by atoms with Crippen molar-refractivity contribution in [3.8, 4) is 0 Å². The predicted molar refractivity (Wildman–Crippen MR) is 74.1 cm³/mol. The highest BCUT2D eigenvalue weighted by Crippen LogP contribution is 2.14. The fourth-order valence-electron chi connectivity index (χ4n) is 1.72. The molecule has 0 aromatic carbocycles. The van der Waals surface area contributed by atoms with Gasteiger partial charge in [-0.2, -0.15) is 0 Å². The highest BCUT2D eigenvalue weighted by atomic mass is 16.5. The molecule has 0 saturated heterocycles. The van der Waals surface area contributed by atoms with E-state index in [1.54, 1.807) is 12.4 Å². The fraction of sp³-hybridized carbons (Fsp3) is 0.462. The number of aryl methyl sites for hydroxylation is 2. The molecule has 6 nitrogen and oxygen atoms in total. The summed E-state index contributed by atoms with van der Waals surface area (Å²) in [4.78, 5) is 8.59. The van der Waals surface area contributed by atoms with Crippen molar-refractivity contribution in [2.24, 2.45) is 0 Å². The van der Waals surface area contributed by atoms with Gasteiger partial charge in [-0.15, -0.1) is 0 Å². The summed E-state index contributed by atoms with van der Waals surface area (Å²) in [6.45, 7) is 7.47. The SMILES string of the molecule is CCCNc1cncc(NCc2c(C)noc2C)n1. The van der Waals surface area contributed by atoms with Crippen LogP contribution in [0.3, 0.4) is 0 Å². The van der Waals surface area contributed by atoms with E-state index in [1.165, 1.54) is 0 Å². The number of hydrogen-bond acceptors (Lipinski definition) is 6. The summed E-state index contributed by atoms with van der Waals surface area (Å²) < 4.78 is 5.12. The van der Waals surface area contributed by atoms with E-state index < -0.39 is 0 Å². The zero-order chi connectivity index (χ0) is 13.7. The van der Waals surface area contributed by atoms with Crippen LogP contribution in [-0.2, 0) is 6.54 Å². The van der Waals surface area contributed by atoms with Crippen molar-refractivity contribution in [2.75, 3.05) is 17.2 Å². The number of anilines is 2. The van der Waals surface area contributed by atoms with Crippen LogP contribution in [0.1, 0.15) is 30.4 Å². The van der Waals surface area contributed by atoms with Crippen LogP contribution in [0.15, 0.2) is 16.9 Å². The Morgan fingerprint density at radius 1 is 1.16 bits per heavy atom. The first-order valence-electron chi connectivity index (χ1n) is 6.42. The Kier molecular flexibility index (Phi) is 4.33. The maximum absolute atomic E-state index is 5.12. The molecule has 2 aromatic heterocycles. The van der Waals surface area contributed by atoms with Gasteiger partial charge in [0.15, 0.2) is 0 Å². The quantitative estimate of drug-likeness (QED) is 0.832. The van der Waals surface area contributed by atoms with Gasteiger partial charge in [-0.25, -0.2) is 4.98 Å². The lowest BCUT2D eigenvalue weighted by Crippen LogP contribution is -2.07. The van der Waals surface area contributed by atoms with E-state index in [0.29, 0.717) is 6.54 Å². The van der Waals surface area contributed by atoms with Gasteiger partial charge in [0.05, 0.1) is 18.1 Å². The van der Waals surface area contributed by atoms with Crippen LogP contribution in [0.2, 0.25) is 0 Å². The van der Waals surface area contributed by atoms with Crippen molar-refractivity contribution in [1.29, 1.82) is 0 Å². The first kappa shape index (κ1) is 13.3. The zero-order valence-electron chi connectivity index (χ0n) is 11.5. The van der Waals surface area contributed by atoms with Crippen LogP contribution in [0.5, 0.6) is 0 Å². The van der Waals surface area contributed by atoms with Gasteiger partial charge in [0, 0.05) is 18.7 Å². The predicted octanol–water partition coefficient (Wildman–Crippen LogP) is 2.52. The number of nitrogens with zero attached hydrogens (tertiary/aromatic N) is 3. The van der Waals surface area contributed by atoms with Crippen molar-refractivity contribution in [3.63, 3.8) is 0 Å². The molecule has 0 saturated carbocycles. The highest BCUT2D eigenvalue weighted by Gasteiger charge is 2.08. The lowest BCUT2D eigenvalue weighted by molar-refractivity contribution is 0.392. The number of hydrogen-bond donors (Lipinski definition) is 2. The van der Waals surface area contributed by atoms with Crippen LogP contribution in [0.25, 0.3) is 0 Å². The largest absolute Gasteiger partial charge is 0.369 e. The average molecular weight is 261 g/mol. The Bertz CT molecular complexity index is 518. The smallest absolute Gasteiger partial charge is 0.147 e. The van der Waals surface area contributed by atoms with Crippen LogP contribution >= 0.6 is 0 Å². The van der Waals surface area contributed by atoms with Crippen LogP contribution < -0.4 is 10.6 Å². The second kappa shape index (κ2) is 6.17. The molecule has 0 fully saturated rings. The Balaban J connectivity index is 1.99. The van der Waals surface area contributed by atoms with E-state index in [2.05, 4.69) is 32.7 Å². The maximum Gasteiger partial charge on any atom is 0.147 e. The van der Waals surface area contributed by atoms with E-state index in [-0.39, 0.29) is 0 Å². The van der Waals surface area contributed by atoms with Gasteiger partial charge in [0.1, 0.15) is 17.4 Å². The molecule has 0 bridgehead atoms. The van der Waals surface area contributed by atoms with Gasteiger partial charge in [-0.3, -0.25) is 4.98 Å². The summed E-state index contributed by atoms with van der Waals surface area (Å²) in [6, 6.07) is 0. The molecule has 0 aliphatic carbocycles. The Morgan fingerprint density at radius 2 is 1.89 bits per heavy atom. The third kappa shape index (κ3) is 3.43. The molecule has 2 rings (SSSR count). The molecule has 0 unspecified atom stereocenters. The van der Waals surface area contributed by atoms with Gasteiger partial charge >= 0.3 is 0 Å². The molecule has 0 aliphatic heterocycles. The van der Waals surface area contributed by atoms with E-state index in [4.69, 9.17) is 4.52 Å². The van der Waals surface area contributed by atoms with Gasteiger partial charge in [0.25, 0.3) is 0 Å². The van der Waals surface area contributed by atoms with E-state index in [1.807, 2.05) is 13.8 Å². The van der Waals surface area contributed by atoms with Crippen molar-refractivity contribution in [2.45, 2.75) is 33.7 Å². The molecule has 102 valence electrons. The average Bonchev–Trinajstić information content (AvgIpc) is 2.74. The van der Waals surface area contributed by atoms with E-state index in [9.17, 15) is 0 Å². The third-order valence-corrected chi connectivity index (χ3v) is 2.82. The summed E-state index contributed by atoms with van der Waals surface area (Å²) >= 11 is 0. The molecule has 0 atom stereocenters. The normalized spacial score (nSPS) is 10.5. The van der Waals surface area contributed by atoms with Crippen molar-refractivity contribution < 1.29 is 4.52 Å². The minimum Gasteiger partial charge on any atom is -0.369 e. The molecule has 0 amide bonds. The number of aromatic nitrogens is 3. The molecular weight excluding hydrogens is 242 g/mol. The van der Waals surface area contributed by atoms with E-state index in [0.717, 1.165) is 41.6 Å². The van der Waals surface area contributed by atoms with Crippen molar-refractivity contribution in [1.82, 2.24) is 15.1 Å². The molecule has 2 aromatic rings. The molecule has 0 radical (unpaired) electrons. The lowest BCUT2D eigenvalue weighted by atomic mass is 10.2. The summed E-state index contributed by atoms with van der Waals surface area (Å²) in [5, 5.41) is 10.4. The summed E-state index contributed by atoms with van der Waals surface area (Å²) in [7, 11) is 0. The molecule has 2 N–H and O–H groups in total. The molecule has 0 aliphatic rings. The molecule has 6 heteroatoms. The molecule has 2 heterocycles. The monoisotopic (exact) mass is 261 g/mol. The molecule has 19 heavy (non-hydrogen) atoms. The van der Waals surface area contributed by atoms with Gasteiger partial charge in [-0.1, -0.05) is 12.1 Å². The second-order valence-electron chi connectivity index (χ2n) is 4.37. The summed E-state index contributed by atoms with van der Waals surface area (Å²) in [5.74, 6) is 2.35. The summed E-state index contributed by atoms with van der Waals surface area (Å²) in [6.07, 6.45) is 4.48. The lowest BCUT2D eigenvalue weighted by Gasteiger charge is -2.07. The minimum atomic E-state index is 0.632. The van der Waals surface area contributed by atoms with Gasteiger partial charge in [-0.05, 0) is 20.3 Å². The maximum atomic E-state index is 5.12. The minimum absolute atomic E-state index is 0.632. The number of nitrogens with one attached hydrogen (secondary N) is 2. The van der Waals surface area contributed by atoms with Crippen LogP contribution in [0, 0.1) is 13.8 Å². The first-order chi connectivity index (χ1) is 9.20. The Hall–Kier alpha value is -2.11. The standard InChI is InChI=1S/C13H19N5O/c1-4-5-15-12-7-14-8-13(17-12)16-6-11-9(2)18-19-10(11)3/h7-8H,4-6H2,1-3H3,(H2,15,16,17). The van der Waals surface area contributed by atoms with Gasteiger partial charge < -0.3 is 15.2 Å². The Labute approximate surface area is 112 Å². The fourth-order valence-corrected chi connectivity index (χ4v) is 1.72. The highest BCUT2D eigenvalue weighted by molar-refractivity contribution is 5.42. The molecule has 0 spiro atoms. The topological polar surface area (TPSA) is 75.9 Å². The van der Waals surface area contributed by atoms with Crippen molar-refractivity contribution in [3.05, 3.63) is 29.4 Å². The van der Waals surface area contributed by atoms with Gasteiger partial charge in [0.2, 0.25) is 0 Å². The molecular formula is C13H19N5O. The van der Waals surface area contributed by atoms with Crippen LogP contribution in [-0.4, -0.2) is 21.7 Å².